The van der Waals surface area contributed by atoms with Crippen LogP contribution < -0.4 is 9.47 Å². The summed E-state index contributed by atoms with van der Waals surface area (Å²) in [6.07, 6.45) is 0. The largest absolute Gasteiger partial charge is 0.508 e. The van der Waals surface area contributed by atoms with E-state index in [0.29, 0.717) is 18.7 Å². The molecular weight excluding hydrogens is 334 g/mol. The van der Waals surface area contributed by atoms with Gasteiger partial charge in [0.2, 0.25) is 5.78 Å². The Morgan fingerprint density at radius 2 is 1.62 bits per heavy atom. The first kappa shape index (κ1) is 19.6. The molecule has 0 unspecified atom stereocenters. The third-order valence-corrected chi connectivity index (χ3v) is 4.19. The number of ketones is 1. The number of methoxy groups -OCH3 is 1. The van der Waals surface area contributed by atoms with Crippen LogP contribution in [-0.2, 0) is 0 Å². The molecule has 6 nitrogen and oxygen atoms in total. The third kappa shape index (κ3) is 4.67. The smallest absolute Gasteiger partial charge is 0.200 e. The Bertz CT molecular complexity index is 739. The molecule has 2 aromatic carbocycles. The summed E-state index contributed by atoms with van der Waals surface area (Å²) in [5, 5.41) is 19.3. The van der Waals surface area contributed by atoms with Crippen molar-refractivity contribution in [1.82, 2.24) is 4.90 Å². The van der Waals surface area contributed by atoms with Crippen molar-refractivity contribution in [3.8, 4) is 23.0 Å². The van der Waals surface area contributed by atoms with Crippen molar-refractivity contribution in [3.05, 3.63) is 47.5 Å². The summed E-state index contributed by atoms with van der Waals surface area (Å²) in [6, 6.07) is 8.75. The molecule has 0 amide bonds. The first-order valence-electron chi connectivity index (χ1n) is 8.60. The number of benzene rings is 2. The van der Waals surface area contributed by atoms with Crippen molar-refractivity contribution in [2.75, 3.05) is 33.4 Å². The molecule has 0 fully saturated rings. The molecule has 0 aliphatic rings. The normalized spacial score (nSPS) is 10.8. The Hall–Kier alpha value is -2.73. The van der Waals surface area contributed by atoms with Gasteiger partial charge in [-0.25, -0.2) is 0 Å². The lowest BCUT2D eigenvalue weighted by Crippen LogP contribution is -2.28. The van der Waals surface area contributed by atoms with E-state index in [4.69, 9.17) is 9.47 Å². The summed E-state index contributed by atoms with van der Waals surface area (Å²) in [5.74, 6) is 0.240. The monoisotopic (exact) mass is 359 g/mol. The van der Waals surface area contributed by atoms with Gasteiger partial charge in [0.15, 0.2) is 0 Å². The number of aromatic hydroxyl groups is 2. The van der Waals surface area contributed by atoms with E-state index in [2.05, 4.69) is 18.7 Å². The van der Waals surface area contributed by atoms with E-state index in [0.717, 1.165) is 13.1 Å². The number of nitrogens with zero attached hydrogens (tertiary/aromatic N) is 1. The van der Waals surface area contributed by atoms with E-state index in [-0.39, 0.29) is 34.3 Å². The maximum atomic E-state index is 12.9. The van der Waals surface area contributed by atoms with Gasteiger partial charge >= 0.3 is 0 Å². The number of hydrogen-bond donors (Lipinski definition) is 2. The van der Waals surface area contributed by atoms with Crippen molar-refractivity contribution >= 4 is 5.78 Å². The van der Waals surface area contributed by atoms with Crippen molar-refractivity contribution in [1.29, 1.82) is 0 Å². The zero-order valence-electron chi connectivity index (χ0n) is 15.4. The van der Waals surface area contributed by atoms with Crippen LogP contribution in [0.2, 0.25) is 0 Å². The average molecular weight is 359 g/mol. The molecule has 140 valence electrons. The Morgan fingerprint density at radius 1 is 1.00 bits per heavy atom. The molecule has 0 bridgehead atoms. The number of phenols is 2. The summed E-state index contributed by atoms with van der Waals surface area (Å²) in [4.78, 5) is 15.1. The van der Waals surface area contributed by atoms with E-state index in [9.17, 15) is 15.0 Å². The maximum Gasteiger partial charge on any atom is 0.200 e. The molecule has 0 atom stereocenters. The number of carbonyl (C=O) groups is 1. The zero-order valence-corrected chi connectivity index (χ0v) is 15.4. The molecule has 6 heteroatoms. The van der Waals surface area contributed by atoms with Crippen molar-refractivity contribution in [3.63, 3.8) is 0 Å². The standard InChI is InChI=1S/C20H25NO5/c1-4-21(5-2)10-11-26-18-13-16(23)12-17(25-3)19(18)20(24)14-6-8-15(22)9-7-14/h6-9,12-13,22-23H,4-5,10-11H2,1-3H3. The number of likely N-dealkylation sites (N-methyl/N-ethyl adjacent to an activating group) is 1. The fourth-order valence-electron chi connectivity index (χ4n) is 2.66. The van der Waals surface area contributed by atoms with Crippen LogP contribution in [0.15, 0.2) is 36.4 Å². The van der Waals surface area contributed by atoms with Crippen LogP contribution in [0.5, 0.6) is 23.0 Å². The van der Waals surface area contributed by atoms with Crippen LogP contribution in [0.3, 0.4) is 0 Å². The van der Waals surface area contributed by atoms with Gasteiger partial charge in [-0.1, -0.05) is 13.8 Å². The fourth-order valence-corrected chi connectivity index (χ4v) is 2.66. The van der Waals surface area contributed by atoms with Crippen LogP contribution in [0.1, 0.15) is 29.8 Å². The second kappa shape index (κ2) is 9.10. The molecule has 0 spiro atoms. The molecule has 2 rings (SSSR count). The van der Waals surface area contributed by atoms with Crippen LogP contribution in [0, 0.1) is 0 Å². The van der Waals surface area contributed by atoms with Gasteiger partial charge in [-0.15, -0.1) is 0 Å². The number of hydrogen-bond acceptors (Lipinski definition) is 6. The topological polar surface area (TPSA) is 79.2 Å². The van der Waals surface area contributed by atoms with E-state index >= 15 is 0 Å². The van der Waals surface area contributed by atoms with E-state index in [1.54, 1.807) is 0 Å². The molecule has 0 aromatic heterocycles. The SMILES string of the molecule is CCN(CC)CCOc1cc(O)cc(OC)c1C(=O)c1ccc(O)cc1. The average Bonchev–Trinajstić information content (AvgIpc) is 2.64. The molecule has 0 aliphatic carbocycles. The van der Waals surface area contributed by atoms with Crippen LogP contribution in [0.4, 0.5) is 0 Å². The minimum Gasteiger partial charge on any atom is -0.508 e. The van der Waals surface area contributed by atoms with Gasteiger partial charge < -0.3 is 24.6 Å². The van der Waals surface area contributed by atoms with Crippen LogP contribution >= 0.6 is 0 Å². The minimum atomic E-state index is -0.306. The highest BCUT2D eigenvalue weighted by Crippen LogP contribution is 2.35. The van der Waals surface area contributed by atoms with Gasteiger partial charge in [0.05, 0.1) is 7.11 Å². The molecule has 0 aliphatic heterocycles. The lowest BCUT2D eigenvalue weighted by atomic mass is 10.0. The summed E-state index contributed by atoms with van der Waals surface area (Å²) >= 11 is 0. The van der Waals surface area contributed by atoms with Gasteiger partial charge in [-0.05, 0) is 37.4 Å². The Morgan fingerprint density at radius 3 is 2.19 bits per heavy atom. The highest BCUT2D eigenvalue weighted by atomic mass is 16.5. The molecular formula is C20H25NO5. The van der Waals surface area contributed by atoms with Gasteiger partial charge in [0.1, 0.15) is 35.2 Å². The van der Waals surface area contributed by atoms with E-state index < -0.39 is 0 Å². The van der Waals surface area contributed by atoms with Gasteiger partial charge in [-0.2, -0.15) is 0 Å². The lowest BCUT2D eigenvalue weighted by Gasteiger charge is -2.19. The van der Waals surface area contributed by atoms with E-state index in [1.165, 1.54) is 43.5 Å². The zero-order chi connectivity index (χ0) is 19.1. The Kier molecular flexibility index (Phi) is 6.86. The second-order valence-corrected chi connectivity index (χ2v) is 5.77. The predicted molar refractivity (Wildman–Crippen MR) is 99.5 cm³/mol. The molecule has 0 radical (unpaired) electrons. The lowest BCUT2D eigenvalue weighted by molar-refractivity contribution is 0.103. The summed E-state index contributed by atoms with van der Waals surface area (Å²) in [5.41, 5.74) is 0.635. The first-order chi connectivity index (χ1) is 12.5. The summed E-state index contributed by atoms with van der Waals surface area (Å²) in [7, 11) is 1.43. The number of carbonyl (C=O) groups excluding carboxylic acids is 1. The van der Waals surface area contributed by atoms with E-state index in [1.807, 2.05) is 0 Å². The first-order valence-corrected chi connectivity index (χ1v) is 8.60. The molecule has 2 aromatic rings. The third-order valence-electron chi connectivity index (χ3n) is 4.19. The quantitative estimate of drug-likeness (QED) is 0.670. The highest BCUT2D eigenvalue weighted by Gasteiger charge is 2.22. The van der Waals surface area contributed by atoms with Gasteiger partial charge in [-0.3, -0.25) is 4.79 Å². The maximum absolute atomic E-state index is 12.9. The number of phenolic OH excluding ortho intramolecular Hbond substituents is 2. The minimum absolute atomic E-state index is 0.0399. The van der Waals surface area contributed by atoms with Crippen molar-refractivity contribution in [2.24, 2.45) is 0 Å². The van der Waals surface area contributed by atoms with Crippen molar-refractivity contribution < 1.29 is 24.5 Å². The summed E-state index contributed by atoms with van der Waals surface area (Å²) < 4.78 is 11.1. The van der Waals surface area contributed by atoms with Gasteiger partial charge in [0, 0.05) is 24.2 Å². The number of rotatable bonds is 9. The van der Waals surface area contributed by atoms with Crippen molar-refractivity contribution in [2.45, 2.75) is 13.8 Å². The molecule has 2 N–H and O–H groups in total. The summed E-state index contributed by atoms with van der Waals surface area (Å²) in [6.45, 7) is 7.04. The fraction of sp³-hybridized carbons (Fsp3) is 0.350. The molecule has 0 saturated heterocycles. The Balaban J connectivity index is 2.33. The Labute approximate surface area is 153 Å². The molecule has 0 saturated carbocycles. The second-order valence-electron chi connectivity index (χ2n) is 5.77. The molecule has 26 heavy (non-hydrogen) atoms. The van der Waals surface area contributed by atoms with Crippen LogP contribution in [0.25, 0.3) is 0 Å². The highest BCUT2D eigenvalue weighted by molar-refractivity contribution is 6.12. The van der Waals surface area contributed by atoms with Gasteiger partial charge in [0.25, 0.3) is 0 Å². The number of ether oxygens (including phenoxy) is 2. The van der Waals surface area contributed by atoms with Crippen LogP contribution in [-0.4, -0.2) is 54.2 Å². The molecule has 0 heterocycles. The predicted octanol–water partition coefficient (Wildman–Crippen LogP) is 3.06.